The Hall–Kier alpha value is -2.60. The quantitative estimate of drug-likeness (QED) is 0.772. The average molecular weight is 355 g/mol. The number of amides is 1. The van der Waals surface area contributed by atoms with Crippen molar-refractivity contribution in [1.29, 1.82) is 0 Å². The van der Waals surface area contributed by atoms with Gasteiger partial charge in [0.05, 0.1) is 12.8 Å². The molecule has 0 unspecified atom stereocenters. The van der Waals surface area contributed by atoms with E-state index in [-0.39, 0.29) is 5.91 Å². The molecule has 0 bridgehead atoms. The minimum absolute atomic E-state index is 0.0351. The fourth-order valence-corrected chi connectivity index (χ4v) is 3.15. The van der Waals surface area contributed by atoms with E-state index in [1.165, 1.54) is 0 Å². The highest BCUT2D eigenvalue weighted by atomic mass is 16.5. The van der Waals surface area contributed by atoms with Crippen molar-refractivity contribution in [2.45, 2.75) is 20.4 Å². The molecule has 1 fully saturated rings. The minimum Gasteiger partial charge on any atom is -0.496 e. The third-order valence-electron chi connectivity index (χ3n) is 4.79. The van der Waals surface area contributed by atoms with E-state index in [2.05, 4.69) is 10.1 Å². The monoisotopic (exact) mass is 355 g/mol. The van der Waals surface area contributed by atoms with Crippen molar-refractivity contribution in [2.75, 3.05) is 33.3 Å². The summed E-state index contributed by atoms with van der Waals surface area (Å²) in [5, 5.41) is 4.01. The molecule has 6 heteroatoms. The second-order valence-electron chi connectivity index (χ2n) is 6.48. The average Bonchev–Trinajstić information content (AvgIpc) is 2.99. The Kier molecular flexibility index (Phi) is 5.73. The molecule has 1 saturated heterocycles. The molecule has 0 N–H and O–H groups in total. The van der Waals surface area contributed by atoms with Gasteiger partial charge in [-0.15, -0.1) is 0 Å². The Bertz CT molecular complexity index is 770. The van der Waals surface area contributed by atoms with Crippen LogP contribution in [0.3, 0.4) is 0 Å². The fraction of sp³-hybridized carbons (Fsp3) is 0.400. The Balaban J connectivity index is 1.54. The Labute approximate surface area is 154 Å². The highest BCUT2D eigenvalue weighted by Crippen LogP contribution is 2.19. The van der Waals surface area contributed by atoms with E-state index in [4.69, 9.17) is 9.26 Å². The van der Waals surface area contributed by atoms with Crippen molar-refractivity contribution in [3.8, 4) is 5.75 Å². The van der Waals surface area contributed by atoms with Gasteiger partial charge in [0.25, 0.3) is 0 Å². The van der Waals surface area contributed by atoms with Gasteiger partial charge in [0.2, 0.25) is 5.91 Å². The molecule has 1 aromatic heterocycles. The van der Waals surface area contributed by atoms with Gasteiger partial charge in [0.15, 0.2) is 0 Å². The second kappa shape index (κ2) is 8.19. The van der Waals surface area contributed by atoms with Gasteiger partial charge in [-0.2, -0.15) is 0 Å². The molecule has 0 saturated carbocycles. The molecule has 1 aliphatic heterocycles. The second-order valence-corrected chi connectivity index (χ2v) is 6.48. The van der Waals surface area contributed by atoms with E-state index in [0.717, 1.165) is 61.1 Å². The molecule has 138 valence electrons. The van der Waals surface area contributed by atoms with Crippen LogP contribution in [0, 0.1) is 13.8 Å². The summed E-state index contributed by atoms with van der Waals surface area (Å²) in [4.78, 5) is 16.7. The molecule has 1 aromatic carbocycles. The van der Waals surface area contributed by atoms with Crippen LogP contribution in [0.1, 0.15) is 22.6 Å². The van der Waals surface area contributed by atoms with Crippen molar-refractivity contribution in [2.24, 2.45) is 0 Å². The first kappa shape index (κ1) is 18.2. The summed E-state index contributed by atoms with van der Waals surface area (Å²) < 4.78 is 10.5. The van der Waals surface area contributed by atoms with E-state index in [1.54, 1.807) is 13.2 Å². The molecular formula is C20H25N3O3. The molecule has 0 atom stereocenters. The molecule has 2 aromatic rings. The first-order valence-electron chi connectivity index (χ1n) is 8.82. The minimum atomic E-state index is 0.0351. The number of carbonyl (C=O) groups excluding carboxylic acids is 1. The highest BCUT2D eigenvalue weighted by Gasteiger charge is 2.21. The fourth-order valence-electron chi connectivity index (χ4n) is 3.15. The zero-order valence-corrected chi connectivity index (χ0v) is 15.6. The molecular weight excluding hydrogens is 330 g/mol. The van der Waals surface area contributed by atoms with Crippen LogP contribution in [0.2, 0.25) is 0 Å². The molecule has 6 nitrogen and oxygen atoms in total. The van der Waals surface area contributed by atoms with Crippen LogP contribution >= 0.6 is 0 Å². The molecule has 0 radical (unpaired) electrons. The lowest BCUT2D eigenvalue weighted by Crippen LogP contribution is -2.47. The van der Waals surface area contributed by atoms with E-state index in [9.17, 15) is 4.79 Å². The lowest BCUT2D eigenvalue weighted by Gasteiger charge is -2.34. The summed E-state index contributed by atoms with van der Waals surface area (Å²) in [6, 6.07) is 7.66. The van der Waals surface area contributed by atoms with Crippen LogP contribution < -0.4 is 4.74 Å². The van der Waals surface area contributed by atoms with Crippen molar-refractivity contribution in [1.82, 2.24) is 15.0 Å². The van der Waals surface area contributed by atoms with Crippen LogP contribution in [-0.4, -0.2) is 54.2 Å². The summed E-state index contributed by atoms with van der Waals surface area (Å²) in [7, 11) is 1.63. The molecule has 1 aliphatic rings. The number of hydrogen-bond acceptors (Lipinski definition) is 5. The lowest BCUT2D eigenvalue weighted by molar-refractivity contribution is -0.127. The summed E-state index contributed by atoms with van der Waals surface area (Å²) >= 11 is 0. The maximum atomic E-state index is 12.5. The number of carbonyl (C=O) groups is 1. The standard InChI is InChI=1S/C20H25N3O3/c1-15-18(16(2)26-21-15)14-22-10-12-23(13-11-22)20(24)9-8-17-6-4-5-7-19(17)25-3/h4-9H,10-14H2,1-3H3/b9-8-. The Morgan fingerprint density at radius 2 is 1.96 bits per heavy atom. The number of hydrogen-bond donors (Lipinski definition) is 0. The SMILES string of the molecule is COc1ccccc1/C=C\C(=O)N1CCN(Cc2c(C)noc2C)CC1. The topological polar surface area (TPSA) is 58.8 Å². The van der Waals surface area contributed by atoms with Gasteiger partial charge in [-0.25, -0.2) is 0 Å². The molecule has 26 heavy (non-hydrogen) atoms. The van der Waals surface area contributed by atoms with Gasteiger partial charge in [-0.3, -0.25) is 9.69 Å². The van der Waals surface area contributed by atoms with Gasteiger partial charge in [-0.1, -0.05) is 23.4 Å². The first-order valence-corrected chi connectivity index (χ1v) is 8.82. The number of piperazine rings is 1. The van der Waals surface area contributed by atoms with Crippen LogP contribution in [0.4, 0.5) is 0 Å². The third-order valence-corrected chi connectivity index (χ3v) is 4.79. The largest absolute Gasteiger partial charge is 0.496 e. The van der Waals surface area contributed by atoms with Crippen LogP contribution in [0.5, 0.6) is 5.75 Å². The number of benzene rings is 1. The smallest absolute Gasteiger partial charge is 0.246 e. The third kappa shape index (κ3) is 4.14. The van der Waals surface area contributed by atoms with E-state index < -0.39 is 0 Å². The van der Waals surface area contributed by atoms with E-state index in [0.29, 0.717) is 0 Å². The van der Waals surface area contributed by atoms with Crippen LogP contribution in [0.15, 0.2) is 34.9 Å². The molecule has 0 spiro atoms. The molecule has 0 aliphatic carbocycles. The maximum Gasteiger partial charge on any atom is 0.246 e. The number of para-hydroxylation sites is 1. The summed E-state index contributed by atoms with van der Waals surface area (Å²) in [6.07, 6.45) is 3.44. The van der Waals surface area contributed by atoms with Gasteiger partial charge in [0, 0.05) is 49.9 Å². The number of methoxy groups -OCH3 is 1. The van der Waals surface area contributed by atoms with Gasteiger partial charge >= 0.3 is 0 Å². The van der Waals surface area contributed by atoms with Crippen LogP contribution in [-0.2, 0) is 11.3 Å². The number of ether oxygens (including phenoxy) is 1. The Morgan fingerprint density at radius 3 is 2.62 bits per heavy atom. The molecule has 1 amide bonds. The number of nitrogens with zero attached hydrogens (tertiary/aromatic N) is 3. The van der Waals surface area contributed by atoms with Crippen molar-refractivity contribution < 1.29 is 14.1 Å². The predicted molar refractivity (Wildman–Crippen MR) is 99.9 cm³/mol. The Morgan fingerprint density at radius 1 is 1.23 bits per heavy atom. The van der Waals surface area contributed by atoms with Crippen LogP contribution in [0.25, 0.3) is 6.08 Å². The molecule has 2 heterocycles. The van der Waals surface area contributed by atoms with Crippen molar-refractivity contribution in [3.63, 3.8) is 0 Å². The molecule has 3 rings (SSSR count). The van der Waals surface area contributed by atoms with Crippen molar-refractivity contribution in [3.05, 3.63) is 52.9 Å². The maximum absolute atomic E-state index is 12.5. The zero-order chi connectivity index (χ0) is 18.5. The summed E-state index contributed by atoms with van der Waals surface area (Å²) in [5.41, 5.74) is 3.00. The summed E-state index contributed by atoms with van der Waals surface area (Å²) in [5.74, 6) is 1.68. The first-order chi connectivity index (χ1) is 12.6. The number of rotatable bonds is 5. The number of aryl methyl sites for hydroxylation is 2. The normalized spacial score (nSPS) is 15.6. The highest BCUT2D eigenvalue weighted by molar-refractivity contribution is 5.92. The lowest BCUT2D eigenvalue weighted by atomic mass is 10.1. The number of aromatic nitrogens is 1. The predicted octanol–water partition coefficient (Wildman–Crippen LogP) is 2.66. The van der Waals surface area contributed by atoms with Gasteiger partial charge in [0.1, 0.15) is 11.5 Å². The van der Waals surface area contributed by atoms with E-state index in [1.807, 2.05) is 49.1 Å². The zero-order valence-electron chi connectivity index (χ0n) is 15.6. The summed E-state index contributed by atoms with van der Waals surface area (Å²) in [6.45, 7) is 7.86. The van der Waals surface area contributed by atoms with Gasteiger partial charge < -0.3 is 14.2 Å². The van der Waals surface area contributed by atoms with E-state index >= 15 is 0 Å². The van der Waals surface area contributed by atoms with Crippen molar-refractivity contribution >= 4 is 12.0 Å². The van der Waals surface area contributed by atoms with Gasteiger partial charge in [-0.05, 0) is 26.0 Å².